The fraction of sp³-hybridized carbons (Fsp3) is 0.952. The predicted molar refractivity (Wildman–Crippen MR) is 112 cm³/mol. The fourth-order valence-corrected chi connectivity index (χ4v) is 3.60. The Hall–Kier alpha value is 1.18. The number of hydrogen-bond donors (Lipinski definition) is 1. The van der Waals surface area contributed by atoms with Crippen LogP contribution in [-0.2, 0) is 14.9 Å². The van der Waals surface area contributed by atoms with E-state index < -0.39 is 15.9 Å². The Bertz CT molecular complexity index is 444. The summed E-state index contributed by atoms with van der Waals surface area (Å²) in [5, 5.41) is 2.72. The first-order chi connectivity index (χ1) is 13.0. The van der Waals surface area contributed by atoms with Crippen molar-refractivity contribution in [3.05, 3.63) is 0 Å². The smallest absolute Gasteiger partial charge is 0.748 e. The van der Waals surface area contributed by atoms with Gasteiger partial charge in [0.15, 0.2) is 0 Å². The van der Waals surface area contributed by atoms with E-state index in [-0.39, 0.29) is 70.3 Å². The van der Waals surface area contributed by atoms with E-state index in [1.807, 2.05) is 0 Å². The summed E-state index contributed by atoms with van der Waals surface area (Å²) < 4.78 is 31.3. The van der Waals surface area contributed by atoms with Crippen molar-refractivity contribution in [3.63, 3.8) is 0 Å². The molecule has 0 heterocycles. The van der Waals surface area contributed by atoms with Crippen LogP contribution in [0.5, 0.6) is 0 Å². The van der Waals surface area contributed by atoms with Gasteiger partial charge in [-0.2, -0.15) is 0 Å². The summed E-state index contributed by atoms with van der Waals surface area (Å²) in [5.41, 5.74) is 0. The summed E-state index contributed by atoms with van der Waals surface area (Å²) in [6.07, 6.45) is 20.1. The van der Waals surface area contributed by atoms with Gasteiger partial charge >= 0.3 is 51.4 Å². The molecule has 0 aromatic carbocycles. The second kappa shape index (κ2) is 22.9. The first-order valence-corrected chi connectivity index (χ1v) is 12.7. The van der Waals surface area contributed by atoms with Gasteiger partial charge in [-0.05, 0) is 6.42 Å². The number of Topliss-reactive ketones (excluding diaryl/α,β-unsaturated/α-hetero) is 1. The summed E-state index contributed by atoms with van der Waals surface area (Å²) in [5.74, 6) is -0.368. The number of carbonyl (C=O) groups excluding carboxylic acids is 1. The first-order valence-electron chi connectivity index (χ1n) is 11.1. The van der Waals surface area contributed by atoms with Crippen LogP contribution in [0.4, 0.5) is 0 Å². The Labute approximate surface area is 216 Å². The van der Waals surface area contributed by atoms with E-state index in [1.165, 1.54) is 83.5 Å². The zero-order chi connectivity index (χ0) is 20.2. The average Bonchev–Trinajstić information content (AvgIpc) is 2.61. The summed E-state index contributed by atoms with van der Waals surface area (Å²) in [6, 6.07) is 0. The molecule has 0 unspecified atom stereocenters. The van der Waals surface area contributed by atoms with Crippen LogP contribution in [0.3, 0.4) is 0 Å². The van der Waals surface area contributed by atoms with Crippen LogP contribution in [0, 0.1) is 0 Å². The van der Waals surface area contributed by atoms with Crippen LogP contribution < -0.4 is 56.7 Å². The molecule has 7 heteroatoms. The van der Waals surface area contributed by atoms with Crippen molar-refractivity contribution >= 4 is 15.9 Å². The molecular weight excluding hydrogens is 401 g/mol. The standard InChI is InChI=1S/C21H43NO4S.K/c1-2-3-4-5-6-7-8-9-10-11-12-13-14-15-16-17-21(23)20-22-18-19-27(24,25)26;/h22H,2-20H2,1H3,(H,24,25,26);/q;+1/p-1. The molecule has 0 aliphatic rings. The molecule has 28 heavy (non-hydrogen) atoms. The molecule has 0 saturated heterocycles. The molecule has 1 N–H and O–H groups in total. The van der Waals surface area contributed by atoms with E-state index in [0.29, 0.717) is 6.42 Å². The molecular formula is C21H42KNO4S. The van der Waals surface area contributed by atoms with E-state index in [1.54, 1.807) is 0 Å². The predicted octanol–water partition coefficient (Wildman–Crippen LogP) is 1.96. The van der Waals surface area contributed by atoms with Gasteiger partial charge in [-0.25, -0.2) is 8.42 Å². The van der Waals surface area contributed by atoms with Crippen molar-refractivity contribution in [3.8, 4) is 0 Å². The number of carbonyl (C=O) groups is 1. The number of ketones is 1. The van der Waals surface area contributed by atoms with Gasteiger partial charge in [-0.15, -0.1) is 0 Å². The summed E-state index contributed by atoms with van der Waals surface area (Å²) in [4.78, 5) is 11.6. The second-order valence-corrected chi connectivity index (χ2v) is 9.20. The van der Waals surface area contributed by atoms with E-state index in [9.17, 15) is 17.8 Å². The van der Waals surface area contributed by atoms with Gasteiger partial charge in [0.25, 0.3) is 0 Å². The molecule has 0 fully saturated rings. The normalized spacial score (nSPS) is 11.4. The molecule has 0 radical (unpaired) electrons. The van der Waals surface area contributed by atoms with Gasteiger partial charge in [-0.1, -0.05) is 96.8 Å². The van der Waals surface area contributed by atoms with Crippen molar-refractivity contribution in [1.82, 2.24) is 5.32 Å². The Kier molecular flexibility index (Phi) is 25.6. The van der Waals surface area contributed by atoms with Gasteiger partial charge in [-0.3, -0.25) is 4.79 Å². The number of hydrogen-bond acceptors (Lipinski definition) is 5. The van der Waals surface area contributed by atoms with Gasteiger partial charge in [0.1, 0.15) is 5.78 Å². The minimum Gasteiger partial charge on any atom is -0.748 e. The van der Waals surface area contributed by atoms with E-state index in [4.69, 9.17) is 0 Å². The molecule has 0 aromatic heterocycles. The maximum Gasteiger partial charge on any atom is 1.00 e. The van der Waals surface area contributed by atoms with Crippen LogP contribution >= 0.6 is 0 Å². The summed E-state index contributed by atoms with van der Waals surface area (Å²) >= 11 is 0. The Morgan fingerprint density at radius 1 is 0.750 bits per heavy atom. The molecule has 5 nitrogen and oxygen atoms in total. The number of rotatable bonds is 21. The molecule has 0 saturated carbocycles. The van der Waals surface area contributed by atoms with Crippen molar-refractivity contribution in [2.45, 2.75) is 110 Å². The molecule has 162 valence electrons. The maximum atomic E-state index is 11.6. The monoisotopic (exact) mass is 443 g/mol. The third-order valence-electron chi connectivity index (χ3n) is 4.91. The van der Waals surface area contributed by atoms with Crippen LogP contribution in [-0.4, -0.2) is 37.6 Å². The summed E-state index contributed by atoms with van der Waals surface area (Å²) in [6.45, 7) is 2.47. The molecule has 0 aliphatic heterocycles. The van der Waals surface area contributed by atoms with Crippen LogP contribution in [0.15, 0.2) is 0 Å². The van der Waals surface area contributed by atoms with E-state index in [2.05, 4.69) is 12.2 Å². The molecule has 0 aliphatic carbocycles. The molecule has 0 rings (SSSR count). The van der Waals surface area contributed by atoms with Gasteiger partial charge in [0, 0.05) is 13.0 Å². The van der Waals surface area contributed by atoms with Crippen molar-refractivity contribution in [1.29, 1.82) is 0 Å². The zero-order valence-electron chi connectivity index (χ0n) is 18.5. The van der Waals surface area contributed by atoms with Crippen LogP contribution in [0.2, 0.25) is 0 Å². The average molecular weight is 444 g/mol. The van der Waals surface area contributed by atoms with Crippen LogP contribution in [0.25, 0.3) is 0 Å². The molecule has 0 amide bonds. The first kappa shape index (κ1) is 31.4. The quantitative estimate of drug-likeness (QED) is 0.166. The fourth-order valence-electron chi connectivity index (χ4n) is 3.21. The van der Waals surface area contributed by atoms with Crippen LogP contribution in [0.1, 0.15) is 110 Å². The topological polar surface area (TPSA) is 86.3 Å². The molecule has 0 spiro atoms. The molecule has 0 bridgehead atoms. The minimum atomic E-state index is -4.19. The minimum absolute atomic E-state index is 0. The third kappa shape index (κ3) is 27.2. The van der Waals surface area contributed by atoms with Gasteiger partial charge < -0.3 is 9.87 Å². The van der Waals surface area contributed by atoms with Gasteiger partial charge in [0.2, 0.25) is 0 Å². The Morgan fingerprint density at radius 3 is 1.54 bits per heavy atom. The largest absolute Gasteiger partial charge is 1.00 e. The second-order valence-electron chi connectivity index (χ2n) is 7.68. The number of nitrogens with one attached hydrogen (secondary N) is 1. The zero-order valence-corrected chi connectivity index (χ0v) is 22.4. The molecule has 0 aromatic rings. The Morgan fingerprint density at radius 2 is 1.14 bits per heavy atom. The maximum absolute atomic E-state index is 11.6. The third-order valence-corrected chi connectivity index (χ3v) is 5.61. The Balaban J connectivity index is 0. The van der Waals surface area contributed by atoms with Gasteiger partial charge in [0.05, 0.1) is 22.4 Å². The number of unbranched alkanes of at least 4 members (excludes halogenated alkanes) is 14. The van der Waals surface area contributed by atoms with E-state index in [0.717, 1.165) is 12.8 Å². The SMILES string of the molecule is CCCCCCCCCCCCCCCCCC(=O)CNCCS(=O)(=O)[O-].[K+]. The van der Waals surface area contributed by atoms with Crippen molar-refractivity contribution < 1.29 is 69.1 Å². The van der Waals surface area contributed by atoms with Crippen molar-refractivity contribution in [2.75, 3.05) is 18.8 Å². The molecule has 0 atom stereocenters. The summed E-state index contributed by atoms with van der Waals surface area (Å²) in [7, 11) is -4.19. The van der Waals surface area contributed by atoms with E-state index >= 15 is 0 Å². The van der Waals surface area contributed by atoms with Crippen molar-refractivity contribution in [2.24, 2.45) is 0 Å².